The van der Waals surface area contributed by atoms with Crippen LogP contribution in [0, 0.1) is 0 Å². The van der Waals surface area contributed by atoms with Crippen LogP contribution in [-0.4, -0.2) is 47.7 Å². The third-order valence-corrected chi connectivity index (χ3v) is 3.39. The number of aliphatic carboxylic acids is 1. The standard InChI is InChI=1S/C14H13NO5/c16-13(15-5-6-19-8-11(15)14(17)18)10-7-20-12-4-2-1-3-9(10)12/h1-4,7,11H,5-6,8H2,(H,17,18). The number of para-hydroxylation sites is 1. The summed E-state index contributed by atoms with van der Waals surface area (Å²) in [5.74, 6) is -1.41. The van der Waals surface area contributed by atoms with Gasteiger partial charge in [-0.3, -0.25) is 4.79 Å². The Hall–Kier alpha value is -2.34. The first-order valence-corrected chi connectivity index (χ1v) is 6.26. The second kappa shape index (κ2) is 4.97. The molecule has 1 aliphatic rings. The Morgan fingerprint density at radius 1 is 1.30 bits per heavy atom. The SMILES string of the molecule is O=C(O)C1COCCN1C(=O)c1coc2ccccc12. The number of carbonyl (C=O) groups excluding carboxylic acids is 1. The van der Waals surface area contributed by atoms with Crippen LogP contribution in [0.2, 0.25) is 0 Å². The summed E-state index contributed by atoms with van der Waals surface area (Å²) in [6, 6.07) is 6.21. The van der Waals surface area contributed by atoms with Gasteiger partial charge in [-0.2, -0.15) is 0 Å². The van der Waals surface area contributed by atoms with E-state index in [0.717, 1.165) is 0 Å². The molecule has 1 saturated heterocycles. The number of amides is 1. The molecule has 2 heterocycles. The number of morpholine rings is 1. The highest BCUT2D eigenvalue weighted by Crippen LogP contribution is 2.23. The molecule has 0 aliphatic carbocycles. The van der Waals surface area contributed by atoms with Crippen LogP contribution in [0.15, 0.2) is 34.9 Å². The van der Waals surface area contributed by atoms with E-state index in [2.05, 4.69) is 0 Å². The molecule has 3 rings (SSSR count). The van der Waals surface area contributed by atoms with Crippen molar-refractivity contribution in [3.8, 4) is 0 Å². The lowest BCUT2D eigenvalue weighted by atomic mass is 10.1. The molecule has 1 aromatic carbocycles. The van der Waals surface area contributed by atoms with Crippen molar-refractivity contribution in [1.82, 2.24) is 4.90 Å². The van der Waals surface area contributed by atoms with Gasteiger partial charge in [-0.1, -0.05) is 18.2 Å². The number of carbonyl (C=O) groups is 2. The largest absolute Gasteiger partial charge is 0.480 e. The summed E-state index contributed by atoms with van der Waals surface area (Å²) in [5.41, 5.74) is 0.990. The van der Waals surface area contributed by atoms with Gasteiger partial charge in [0.05, 0.1) is 18.8 Å². The Morgan fingerprint density at radius 3 is 2.90 bits per heavy atom. The van der Waals surface area contributed by atoms with Gasteiger partial charge in [0.1, 0.15) is 11.8 Å². The minimum Gasteiger partial charge on any atom is -0.480 e. The van der Waals surface area contributed by atoms with Gasteiger partial charge < -0.3 is 19.2 Å². The predicted molar refractivity (Wildman–Crippen MR) is 69.5 cm³/mol. The molecule has 1 amide bonds. The molecule has 0 bridgehead atoms. The fourth-order valence-corrected chi connectivity index (χ4v) is 2.35. The zero-order chi connectivity index (χ0) is 14.1. The van der Waals surface area contributed by atoms with E-state index in [1.807, 2.05) is 12.1 Å². The average molecular weight is 275 g/mol. The second-order valence-electron chi connectivity index (χ2n) is 4.57. The lowest BCUT2D eigenvalue weighted by Gasteiger charge is -2.32. The Labute approximate surface area is 114 Å². The number of fused-ring (bicyclic) bond motifs is 1. The molecule has 2 aromatic rings. The Balaban J connectivity index is 1.96. The van der Waals surface area contributed by atoms with Crippen molar-refractivity contribution in [3.05, 3.63) is 36.1 Å². The first kappa shape index (κ1) is 12.7. The molecular formula is C14H13NO5. The van der Waals surface area contributed by atoms with Crippen molar-refractivity contribution in [1.29, 1.82) is 0 Å². The van der Waals surface area contributed by atoms with Crippen LogP contribution >= 0.6 is 0 Å². The lowest BCUT2D eigenvalue weighted by molar-refractivity contribution is -0.147. The number of nitrogens with zero attached hydrogens (tertiary/aromatic N) is 1. The van der Waals surface area contributed by atoms with Crippen molar-refractivity contribution >= 4 is 22.8 Å². The number of rotatable bonds is 2. The molecular weight excluding hydrogens is 262 g/mol. The van der Waals surface area contributed by atoms with Crippen LogP contribution < -0.4 is 0 Å². The third kappa shape index (κ3) is 2.04. The number of hydrogen-bond acceptors (Lipinski definition) is 4. The Bertz CT molecular complexity index is 662. The maximum atomic E-state index is 12.5. The van der Waals surface area contributed by atoms with E-state index in [0.29, 0.717) is 23.1 Å². The van der Waals surface area contributed by atoms with Crippen molar-refractivity contribution < 1.29 is 23.8 Å². The quantitative estimate of drug-likeness (QED) is 0.895. The zero-order valence-corrected chi connectivity index (χ0v) is 10.6. The normalized spacial score (nSPS) is 19.2. The smallest absolute Gasteiger partial charge is 0.328 e. The zero-order valence-electron chi connectivity index (χ0n) is 10.6. The van der Waals surface area contributed by atoms with E-state index in [4.69, 9.17) is 9.15 Å². The average Bonchev–Trinajstić information content (AvgIpc) is 2.90. The molecule has 1 N–H and O–H groups in total. The predicted octanol–water partition coefficient (Wildman–Crippen LogP) is 1.36. The summed E-state index contributed by atoms with van der Waals surface area (Å²) in [7, 11) is 0. The summed E-state index contributed by atoms with van der Waals surface area (Å²) in [5, 5.41) is 9.86. The van der Waals surface area contributed by atoms with Crippen molar-refractivity contribution in [2.75, 3.05) is 19.8 Å². The fourth-order valence-electron chi connectivity index (χ4n) is 2.35. The van der Waals surface area contributed by atoms with Crippen molar-refractivity contribution in [2.24, 2.45) is 0 Å². The number of carboxylic acids is 1. The lowest BCUT2D eigenvalue weighted by Crippen LogP contribution is -2.52. The number of ether oxygens (including phenoxy) is 1. The highest BCUT2D eigenvalue weighted by Gasteiger charge is 2.34. The third-order valence-electron chi connectivity index (χ3n) is 3.39. The van der Waals surface area contributed by atoms with Crippen LogP contribution in [0.25, 0.3) is 11.0 Å². The van der Waals surface area contributed by atoms with Crippen molar-refractivity contribution in [3.63, 3.8) is 0 Å². The van der Waals surface area contributed by atoms with Gasteiger partial charge in [0.2, 0.25) is 0 Å². The topological polar surface area (TPSA) is 80.0 Å². The van der Waals surface area contributed by atoms with Crippen LogP contribution in [0.5, 0.6) is 0 Å². The summed E-state index contributed by atoms with van der Waals surface area (Å²) >= 11 is 0. The molecule has 0 saturated carbocycles. The van der Waals surface area contributed by atoms with E-state index in [9.17, 15) is 14.7 Å². The number of benzene rings is 1. The maximum absolute atomic E-state index is 12.5. The molecule has 6 heteroatoms. The number of carboxylic acid groups (broad SMARTS) is 1. The molecule has 1 fully saturated rings. The highest BCUT2D eigenvalue weighted by atomic mass is 16.5. The molecule has 1 aromatic heterocycles. The molecule has 0 spiro atoms. The molecule has 1 aliphatic heterocycles. The number of furan rings is 1. The van der Waals surface area contributed by atoms with Crippen LogP contribution in [0.3, 0.4) is 0 Å². The summed E-state index contributed by atoms with van der Waals surface area (Å²) in [4.78, 5) is 25.1. The molecule has 6 nitrogen and oxygen atoms in total. The van der Waals surface area contributed by atoms with Gasteiger partial charge >= 0.3 is 5.97 Å². The van der Waals surface area contributed by atoms with E-state index < -0.39 is 12.0 Å². The highest BCUT2D eigenvalue weighted by molar-refractivity contribution is 6.06. The maximum Gasteiger partial charge on any atom is 0.328 e. The summed E-state index contributed by atoms with van der Waals surface area (Å²) < 4.78 is 10.5. The van der Waals surface area contributed by atoms with Gasteiger partial charge in [0.25, 0.3) is 5.91 Å². The first-order chi connectivity index (χ1) is 9.68. The summed E-state index contributed by atoms with van der Waals surface area (Å²) in [6.45, 7) is 0.609. The van der Waals surface area contributed by atoms with Gasteiger partial charge in [-0.05, 0) is 6.07 Å². The van der Waals surface area contributed by atoms with Gasteiger partial charge in [0.15, 0.2) is 6.04 Å². The van der Waals surface area contributed by atoms with E-state index in [-0.39, 0.29) is 19.1 Å². The number of hydrogen-bond donors (Lipinski definition) is 1. The first-order valence-electron chi connectivity index (χ1n) is 6.26. The molecule has 20 heavy (non-hydrogen) atoms. The van der Waals surface area contributed by atoms with Gasteiger partial charge in [0, 0.05) is 11.9 Å². The Morgan fingerprint density at radius 2 is 2.10 bits per heavy atom. The van der Waals surface area contributed by atoms with Gasteiger partial charge in [-0.15, -0.1) is 0 Å². The van der Waals surface area contributed by atoms with Gasteiger partial charge in [-0.25, -0.2) is 4.79 Å². The minimum atomic E-state index is -1.06. The Kier molecular flexibility index (Phi) is 3.15. The molecule has 1 atom stereocenters. The minimum absolute atomic E-state index is 0.0108. The molecule has 1 unspecified atom stereocenters. The summed E-state index contributed by atoms with van der Waals surface area (Å²) in [6.07, 6.45) is 1.38. The monoisotopic (exact) mass is 275 g/mol. The molecule has 104 valence electrons. The van der Waals surface area contributed by atoms with Crippen LogP contribution in [0.4, 0.5) is 0 Å². The van der Waals surface area contributed by atoms with E-state index >= 15 is 0 Å². The molecule has 0 radical (unpaired) electrons. The van der Waals surface area contributed by atoms with Crippen LogP contribution in [0.1, 0.15) is 10.4 Å². The fraction of sp³-hybridized carbons (Fsp3) is 0.286. The van der Waals surface area contributed by atoms with E-state index in [1.165, 1.54) is 11.2 Å². The van der Waals surface area contributed by atoms with Crippen molar-refractivity contribution in [2.45, 2.75) is 6.04 Å². The van der Waals surface area contributed by atoms with E-state index in [1.54, 1.807) is 12.1 Å². The van der Waals surface area contributed by atoms with Crippen LogP contribution in [-0.2, 0) is 9.53 Å². The second-order valence-corrected chi connectivity index (χ2v) is 4.57.